The van der Waals surface area contributed by atoms with Crippen LogP contribution in [0.25, 0.3) is 21.8 Å². The molecule has 3 aromatic rings. The third kappa shape index (κ3) is 2.48. The van der Waals surface area contributed by atoms with Crippen LogP contribution >= 0.6 is 11.6 Å². The Kier molecular flexibility index (Phi) is 3.35. The normalized spacial score (nSPS) is 11.1. The van der Waals surface area contributed by atoms with Crippen molar-refractivity contribution in [2.75, 3.05) is 12.3 Å². The molecule has 6 heteroatoms. The Morgan fingerprint density at radius 1 is 1.05 bits per heavy atom. The maximum absolute atomic E-state index is 6.12. The van der Waals surface area contributed by atoms with Crippen LogP contribution in [0.5, 0.6) is 0 Å². The second-order valence-electron chi connectivity index (χ2n) is 4.90. The molecule has 6 N–H and O–H groups in total. The SMILES string of the molecule is NC(N)=NCCn1c2ccc(Cl)cc2c2ccc(N)cc21. The molecule has 1 aromatic heterocycles. The van der Waals surface area contributed by atoms with Crippen molar-refractivity contribution >= 4 is 45.1 Å². The van der Waals surface area contributed by atoms with Gasteiger partial charge in [0.2, 0.25) is 0 Å². The van der Waals surface area contributed by atoms with Gasteiger partial charge in [-0.05, 0) is 30.3 Å². The lowest BCUT2D eigenvalue weighted by molar-refractivity contribution is 0.757. The Balaban J connectivity index is 2.22. The number of aromatic nitrogens is 1. The van der Waals surface area contributed by atoms with E-state index < -0.39 is 0 Å². The van der Waals surface area contributed by atoms with Crippen molar-refractivity contribution in [3.63, 3.8) is 0 Å². The number of benzene rings is 2. The molecule has 0 saturated heterocycles. The average Bonchev–Trinajstić information content (AvgIpc) is 2.71. The third-order valence-corrected chi connectivity index (χ3v) is 3.71. The van der Waals surface area contributed by atoms with Gasteiger partial charge < -0.3 is 21.8 Å². The number of aliphatic imine (C=N–C) groups is 1. The molecule has 0 saturated carbocycles. The van der Waals surface area contributed by atoms with Gasteiger partial charge >= 0.3 is 0 Å². The minimum atomic E-state index is 0.0957. The van der Waals surface area contributed by atoms with Crippen LogP contribution in [0.3, 0.4) is 0 Å². The molecule has 0 aliphatic carbocycles. The number of hydrogen-bond acceptors (Lipinski definition) is 2. The van der Waals surface area contributed by atoms with Crippen molar-refractivity contribution in [2.24, 2.45) is 16.5 Å². The zero-order valence-corrected chi connectivity index (χ0v) is 12.1. The standard InChI is InChI=1S/C15H16ClN5/c16-9-1-4-13-12(7-9)11-3-2-10(17)8-14(11)21(13)6-5-20-15(18)19/h1-4,7-8H,5-6,17H2,(H4,18,19,20). The van der Waals surface area contributed by atoms with E-state index in [1.807, 2.05) is 36.4 Å². The number of hydrogen-bond donors (Lipinski definition) is 3. The second-order valence-corrected chi connectivity index (χ2v) is 5.33. The van der Waals surface area contributed by atoms with Crippen molar-refractivity contribution in [3.05, 3.63) is 41.4 Å². The van der Waals surface area contributed by atoms with Crippen LogP contribution in [0.1, 0.15) is 0 Å². The van der Waals surface area contributed by atoms with Gasteiger partial charge in [0.1, 0.15) is 0 Å². The number of anilines is 1. The fourth-order valence-corrected chi connectivity index (χ4v) is 2.78. The molecule has 0 spiro atoms. The summed E-state index contributed by atoms with van der Waals surface area (Å²) in [6, 6.07) is 11.7. The largest absolute Gasteiger partial charge is 0.399 e. The van der Waals surface area contributed by atoms with Crippen molar-refractivity contribution in [3.8, 4) is 0 Å². The van der Waals surface area contributed by atoms with Crippen molar-refractivity contribution in [1.29, 1.82) is 0 Å². The smallest absolute Gasteiger partial charge is 0.185 e. The molecule has 0 aliphatic heterocycles. The first-order valence-corrected chi connectivity index (χ1v) is 6.96. The molecule has 21 heavy (non-hydrogen) atoms. The molecular weight excluding hydrogens is 286 g/mol. The summed E-state index contributed by atoms with van der Waals surface area (Å²) in [7, 11) is 0. The molecule has 0 atom stereocenters. The van der Waals surface area contributed by atoms with E-state index in [1.165, 1.54) is 0 Å². The van der Waals surface area contributed by atoms with E-state index in [9.17, 15) is 0 Å². The molecule has 0 bridgehead atoms. The molecule has 1 heterocycles. The Labute approximate surface area is 127 Å². The highest BCUT2D eigenvalue weighted by atomic mass is 35.5. The summed E-state index contributed by atoms with van der Waals surface area (Å²) in [6.07, 6.45) is 0. The fraction of sp³-hybridized carbons (Fsp3) is 0.133. The van der Waals surface area contributed by atoms with Gasteiger partial charge in [-0.15, -0.1) is 0 Å². The predicted molar refractivity (Wildman–Crippen MR) is 89.5 cm³/mol. The first-order chi connectivity index (χ1) is 10.1. The average molecular weight is 302 g/mol. The van der Waals surface area contributed by atoms with Crippen LogP contribution in [0, 0.1) is 0 Å². The molecule has 2 aromatic carbocycles. The summed E-state index contributed by atoms with van der Waals surface area (Å²) in [5, 5.41) is 2.93. The molecule has 0 fully saturated rings. The number of fused-ring (bicyclic) bond motifs is 3. The van der Waals surface area contributed by atoms with E-state index in [0.29, 0.717) is 18.1 Å². The van der Waals surface area contributed by atoms with Gasteiger partial charge in [0.05, 0.1) is 12.1 Å². The molecule has 108 valence electrons. The van der Waals surface area contributed by atoms with E-state index in [-0.39, 0.29) is 5.96 Å². The van der Waals surface area contributed by atoms with E-state index >= 15 is 0 Å². The lowest BCUT2D eigenvalue weighted by atomic mass is 10.1. The zero-order valence-electron chi connectivity index (χ0n) is 11.4. The Morgan fingerprint density at radius 2 is 1.86 bits per heavy atom. The van der Waals surface area contributed by atoms with Crippen LogP contribution in [0.4, 0.5) is 5.69 Å². The summed E-state index contributed by atoms with van der Waals surface area (Å²) < 4.78 is 2.16. The molecule has 0 aliphatic rings. The predicted octanol–water partition coefficient (Wildman–Crippen LogP) is 2.30. The Bertz CT molecular complexity index is 846. The number of nitrogens with zero attached hydrogens (tertiary/aromatic N) is 2. The van der Waals surface area contributed by atoms with Gasteiger partial charge in [0.15, 0.2) is 5.96 Å². The van der Waals surface area contributed by atoms with Crippen LogP contribution in [0.2, 0.25) is 5.02 Å². The Hall–Kier alpha value is -2.40. The highest BCUT2D eigenvalue weighted by Gasteiger charge is 2.11. The summed E-state index contributed by atoms with van der Waals surface area (Å²) >= 11 is 6.12. The molecule has 0 radical (unpaired) electrons. The van der Waals surface area contributed by atoms with Gasteiger partial charge in [-0.1, -0.05) is 17.7 Å². The number of rotatable bonds is 3. The lowest BCUT2D eigenvalue weighted by Crippen LogP contribution is -2.23. The first-order valence-electron chi connectivity index (χ1n) is 6.58. The van der Waals surface area contributed by atoms with Gasteiger partial charge in [0, 0.05) is 33.5 Å². The molecule has 3 rings (SSSR count). The quantitative estimate of drug-likeness (QED) is 0.393. The second kappa shape index (κ2) is 5.18. The minimum absolute atomic E-state index is 0.0957. The monoisotopic (exact) mass is 301 g/mol. The van der Waals surface area contributed by atoms with Crippen molar-refractivity contribution in [1.82, 2.24) is 4.57 Å². The van der Waals surface area contributed by atoms with Crippen LogP contribution in [-0.4, -0.2) is 17.1 Å². The summed E-state index contributed by atoms with van der Waals surface area (Å²) in [4.78, 5) is 4.05. The lowest BCUT2D eigenvalue weighted by Gasteiger charge is -2.06. The summed E-state index contributed by atoms with van der Waals surface area (Å²) in [6.45, 7) is 1.18. The summed E-state index contributed by atoms with van der Waals surface area (Å²) in [5.41, 5.74) is 19.5. The van der Waals surface area contributed by atoms with Gasteiger partial charge in [-0.2, -0.15) is 0 Å². The van der Waals surface area contributed by atoms with Crippen LogP contribution in [0.15, 0.2) is 41.4 Å². The van der Waals surface area contributed by atoms with Crippen LogP contribution < -0.4 is 17.2 Å². The maximum atomic E-state index is 6.12. The fourth-order valence-electron chi connectivity index (χ4n) is 2.61. The molecular formula is C15H16ClN5. The van der Waals surface area contributed by atoms with Crippen molar-refractivity contribution in [2.45, 2.75) is 6.54 Å². The number of nitrogen functional groups attached to an aromatic ring is 1. The van der Waals surface area contributed by atoms with E-state index in [2.05, 4.69) is 9.56 Å². The maximum Gasteiger partial charge on any atom is 0.185 e. The van der Waals surface area contributed by atoms with Gasteiger partial charge in [-0.3, -0.25) is 4.99 Å². The zero-order chi connectivity index (χ0) is 15.0. The highest BCUT2D eigenvalue weighted by Crippen LogP contribution is 2.32. The minimum Gasteiger partial charge on any atom is -0.399 e. The van der Waals surface area contributed by atoms with E-state index in [1.54, 1.807) is 0 Å². The number of halogens is 1. The van der Waals surface area contributed by atoms with Crippen molar-refractivity contribution < 1.29 is 0 Å². The first kappa shape index (κ1) is 13.6. The summed E-state index contributed by atoms with van der Waals surface area (Å²) in [5.74, 6) is 0.0957. The molecule has 0 amide bonds. The van der Waals surface area contributed by atoms with Gasteiger partial charge in [0.25, 0.3) is 0 Å². The Morgan fingerprint density at radius 3 is 2.62 bits per heavy atom. The molecule has 5 nitrogen and oxygen atoms in total. The highest BCUT2D eigenvalue weighted by molar-refractivity contribution is 6.31. The molecule has 0 unspecified atom stereocenters. The topological polar surface area (TPSA) is 95.4 Å². The number of guanidine groups is 1. The van der Waals surface area contributed by atoms with Gasteiger partial charge in [-0.25, -0.2) is 0 Å². The van der Waals surface area contributed by atoms with Crippen LogP contribution in [-0.2, 0) is 6.54 Å². The van der Waals surface area contributed by atoms with E-state index in [0.717, 1.165) is 27.5 Å². The third-order valence-electron chi connectivity index (χ3n) is 3.47. The van der Waals surface area contributed by atoms with E-state index in [4.69, 9.17) is 28.8 Å². The number of nitrogens with two attached hydrogens (primary N) is 3.